The van der Waals surface area contributed by atoms with Gasteiger partial charge in [-0.3, -0.25) is 0 Å². The van der Waals surface area contributed by atoms with Crippen molar-refractivity contribution in [2.45, 2.75) is 19.9 Å². The summed E-state index contributed by atoms with van der Waals surface area (Å²) in [6.45, 7) is 3.45. The third-order valence-electron chi connectivity index (χ3n) is 2.84. The first-order chi connectivity index (χ1) is 10.1. The molecule has 0 spiro atoms. The third-order valence-corrected chi connectivity index (χ3v) is 2.84. The zero-order chi connectivity index (χ0) is 15.2. The van der Waals surface area contributed by atoms with Gasteiger partial charge in [0.2, 0.25) is 0 Å². The molecule has 1 aromatic heterocycles. The van der Waals surface area contributed by atoms with Crippen molar-refractivity contribution >= 4 is 11.7 Å². The second kappa shape index (κ2) is 6.81. The summed E-state index contributed by atoms with van der Waals surface area (Å²) in [7, 11) is 0. The number of carbonyl (C=O) groups is 1. The molecule has 2 aromatic rings. The van der Waals surface area contributed by atoms with E-state index in [1.165, 1.54) is 0 Å². The number of carbonyl (C=O) groups excluding carboxylic acids is 1. The quantitative estimate of drug-likeness (QED) is 0.801. The van der Waals surface area contributed by atoms with E-state index in [1.807, 2.05) is 31.2 Å². The Bertz CT molecular complexity index is 631. The van der Waals surface area contributed by atoms with E-state index >= 15 is 0 Å². The fourth-order valence-electron chi connectivity index (χ4n) is 1.81. The zero-order valence-electron chi connectivity index (χ0n) is 12.0. The summed E-state index contributed by atoms with van der Waals surface area (Å²) < 4.78 is 0. The van der Waals surface area contributed by atoms with E-state index in [2.05, 4.69) is 20.6 Å². The minimum absolute atomic E-state index is 0.104. The first-order valence-corrected chi connectivity index (χ1v) is 6.67. The van der Waals surface area contributed by atoms with Crippen molar-refractivity contribution in [3.8, 4) is 11.3 Å². The molecule has 6 nitrogen and oxygen atoms in total. The number of aryl methyl sites for hydroxylation is 1. The minimum Gasteiger partial charge on any atom is -0.394 e. The largest absolute Gasteiger partial charge is 0.394 e. The number of aliphatic hydroxyl groups excluding tert-OH is 1. The van der Waals surface area contributed by atoms with Gasteiger partial charge in [-0.1, -0.05) is 12.1 Å². The van der Waals surface area contributed by atoms with E-state index in [-0.39, 0.29) is 18.7 Å². The first-order valence-electron chi connectivity index (χ1n) is 6.67. The summed E-state index contributed by atoms with van der Waals surface area (Å²) >= 11 is 0. The normalized spacial score (nSPS) is 11.8. The Morgan fingerprint density at radius 1 is 1.38 bits per heavy atom. The van der Waals surface area contributed by atoms with Gasteiger partial charge in [0.15, 0.2) is 0 Å². The number of hydrogen-bond acceptors (Lipinski definition) is 4. The van der Waals surface area contributed by atoms with Crippen LogP contribution in [0.25, 0.3) is 11.3 Å². The number of anilines is 1. The molecular weight excluding hydrogens is 268 g/mol. The van der Waals surface area contributed by atoms with Crippen molar-refractivity contribution in [1.82, 2.24) is 15.3 Å². The molecule has 0 radical (unpaired) electrons. The van der Waals surface area contributed by atoms with Gasteiger partial charge in [0.25, 0.3) is 0 Å². The lowest BCUT2D eigenvalue weighted by Gasteiger charge is -2.12. The summed E-state index contributed by atoms with van der Waals surface area (Å²) in [4.78, 5) is 20.1. The Balaban J connectivity index is 2.13. The molecular formula is C15H18N4O2. The Morgan fingerprint density at radius 3 is 2.90 bits per heavy atom. The molecule has 0 bridgehead atoms. The van der Waals surface area contributed by atoms with E-state index in [0.29, 0.717) is 11.5 Å². The van der Waals surface area contributed by atoms with Gasteiger partial charge < -0.3 is 15.7 Å². The van der Waals surface area contributed by atoms with Gasteiger partial charge in [0, 0.05) is 17.4 Å². The predicted molar refractivity (Wildman–Crippen MR) is 80.9 cm³/mol. The fraction of sp³-hybridized carbons (Fsp3) is 0.267. The Morgan fingerprint density at radius 2 is 2.19 bits per heavy atom. The fourth-order valence-corrected chi connectivity index (χ4v) is 1.81. The molecule has 0 aliphatic carbocycles. The average molecular weight is 286 g/mol. The number of aromatic nitrogens is 2. The van der Waals surface area contributed by atoms with E-state index < -0.39 is 0 Å². The number of nitrogens with one attached hydrogen (secondary N) is 2. The molecule has 110 valence electrons. The first kappa shape index (κ1) is 14.9. The number of hydrogen-bond donors (Lipinski definition) is 3. The number of amides is 2. The highest BCUT2D eigenvalue weighted by Gasteiger charge is 2.07. The maximum absolute atomic E-state index is 11.7. The van der Waals surface area contributed by atoms with Crippen LogP contribution in [0.1, 0.15) is 12.7 Å². The lowest BCUT2D eigenvalue weighted by molar-refractivity contribution is 0.229. The summed E-state index contributed by atoms with van der Waals surface area (Å²) in [6.07, 6.45) is 1.70. The lowest BCUT2D eigenvalue weighted by Crippen LogP contribution is -2.38. The smallest absolute Gasteiger partial charge is 0.319 e. The Hall–Kier alpha value is -2.47. The summed E-state index contributed by atoms with van der Waals surface area (Å²) in [5.41, 5.74) is 2.36. The molecule has 1 heterocycles. The maximum Gasteiger partial charge on any atom is 0.319 e. The van der Waals surface area contributed by atoms with Gasteiger partial charge in [-0.05, 0) is 32.0 Å². The zero-order valence-corrected chi connectivity index (χ0v) is 12.0. The summed E-state index contributed by atoms with van der Waals surface area (Å²) in [5, 5.41) is 14.3. The highest BCUT2D eigenvalue weighted by Crippen LogP contribution is 2.20. The van der Waals surface area contributed by atoms with Gasteiger partial charge in [-0.25, -0.2) is 14.8 Å². The van der Waals surface area contributed by atoms with E-state index in [4.69, 9.17) is 5.11 Å². The number of rotatable bonds is 4. The Labute approximate surface area is 123 Å². The van der Waals surface area contributed by atoms with Crippen LogP contribution in [0.3, 0.4) is 0 Å². The van der Waals surface area contributed by atoms with Crippen LogP contribution >= 0.6 is 0 Å². The second-order valence-corrected chi connectivity index (χ2v) is 4.75. The SMILES string of the molecule is Cc1nccc(-c2cccc(NC(=O)N[C@H](C)CO)c2)n1. The summed E-state index contributed by atoms with van der Waals surface area (Å²) in [5.74, 6) is 0.695. The number of nitrogens with zero attached hydrogens (tertiary/aromatic N) is 2. The lowest BCUT2D eigenvalue weighted by atomic mass is 10.1. The predicted octanol–water partition coefficient (Wildman–Crippen LogP) is 1.95. The molecule has 2 rings (SSSR count). The van der Waals surface area contributed by atoms with Crippen molar-refractivity contribution in [3.05, 3.63) is 42.4 Å². The van der Waals surface area contributed by atoms with Gasteiger partial charge in [0.1, 0.15) is 5.82 Å². The third kappa shape index (κ3) is 4.25. The molecule has 0 fully saturated rings. The van der Waals surface area contributed by atoms with Gasteiger partial charge >= 0.3 is 6.03 Å². The van der Waals surface area contributed by atoms with Crippen LogP contribution in [0.15, 0.2) is 36.5 Å². The molecule has 3 N–H and O–H groups in total. The van der Waals surface area contributed by atoms with Crippen LogP contribution in [0.5, 0.6) is 0 Å². The molecule has 2 amide bonds. The van der Waals surface area contributed by atoms with Crippen LogP contribution < -0.4 is 10.6 Å². The number of urea groups is 1. The number of benzene rings is 1. The van der Waals surface area contributed by atoms with E-state index in [1.54, 1.807) is 19.2 Å². The Kier molecular flexibility index (Phi) is 4.84. The topological polar surface area (TPSA) is 87.1 Å². The standard InChI is InChI=1S/C15H18N4O2/c1-10(9-20)17-15(21)19-13-5-3-4-12(8-13)14-6-7-16-11(2)18-14/h3-8,10,20H,9H2,1-2H3,(H2,17,19,21)/t10-/m1/s1. The average Bonchev–Trinajstić information content (AvgIpc) is 2.47. The van der Waals surface area contributed by atoms with Crippen LogP contribution in [0.4, 0.5) is 10.5 Å². The molecule has 0 unspecified atom stereocenters. The molecule has 1 aromatic carbocycles. The second-order valence-electron chi connectivity index (χ2n) is 4.75. The highest BCUT2D eigenvalue weighted by atomic mass is 16.3. The van der Waals surface area contributed by atoms with Crippen molar-refractivity contribution < 1.29 is 9.90 Å². The molecule has 0 aliphatic heterocycles. The molecule has 21 heavy (non-hydrogen) atoms. The highest BCUT2D eigenvalue weighted by molar-refractivity contribution is 5.90. The number of aliphatic hydroxyl groups is 1. The van der Waals surface area contributed by atoms with Crippen LogP contribution in [-0.4, -0.2) is 33.8 Å². The monoisotopic (exact) mass is 286 g/mol. The van der Waals surface area contributed by atoms with E-state index in [9.17, 15) is 4.79 Å². The van der Waals surface area contributed by atoms with E-state index in [0.717, 1.165) is 11.3 Å². The summed E-state index contributed by atoms with van der Waals surface area (Å²) in [6, 6.07) is 8.57. The van der Waals surface area contributed by atoms with Gasteiger partial charge in [0.05, 0.1) is 18.3 Å². The molecule has 1 atom stereocenters. The van der Waals surface area contributed by atoms with Crippen molar-refractivity contribution in [3.63, 3.8) is 0 Å². The van der Waals surface area contributed by atoms with Crippen molar-refractivity contribution in [2.75, 3.05) is 11.9 Å². The van der Waals surface area contributed by atoms with Gasteiger partial charge in [-0.15, -0.1) is 0 Å². The molecule has 0 saturated heterocycles. The maximum atomic E-state index is 11.7. The van der Waals surface area contributed by atoms with Crippen LogP contribution in [0, 0.1) is 6.92 Å². The van der Waals surface area contributed by atoms with Crippen LogP contribution in [0.2, 0.25) is 0 Å². The van der Waals surface area contributed by atoms with Crippen molar-refractivity contribution in [1.29, 1.82) is 0 Å². The molecule has 0 aliphatic rings. The van der Waals surface area contributed by atoms with Crippen molar-refractivity contribution in [2.24, 2.45) is 0 Å². The molecule has 6 heteroatoms. The molecule has 0 saturated carbocycles. The minimum atomic E-state index is -0.354. The van der Waals surface area contributed by atoms with Gasteiger partial charge in [-0.2, -0.15) is 0 Å². The van der Waals surface area contributed by atoms with Crippen LogP contribution in [-0.2, 0) is 0 Å².